The molecule has 0 radical (unpaired) electrons. The summed E-state index contributed by atoms with van der Waals surface area (Å²) in [6, 6.07) is 16.0. The monoisotopic (exact) mass is 456 g/mol. The summed E-state index contributed by atoms with van der Waals surface area (Å²) < 4.78 is 1.01. The Morgan fingerprint density at radius 2 is 1.96 bits per heavy atom. The van der Waals surface area contributed by atoms with E-state index in [0.29, 0.717) is 30.8 Å². The van der Waals surface area contributed by atoms with Crippen LogP contribution in [-0.4, -0.2) is 35.0 Å². The third kappa shape index (κ3) is 5.56. The van der Waals surface area contributed by atoms with Crippen LogP contribution in [0, 0.1) is 6.92 Å². The van der Waals surface area contributed by atoms with Gasteiger partial charge < -0.3 is 10.2 Å². The lowest BCUT2D eigenvalue weighted by Crippen LogP contribution is -2.45. The number of hydrogen-bond acceptors (Lipinski definition) is 5. The number of amides is 1. The van der Waals surface area contributed by atoms with E-state index in [1.165, 1.54) is 17.3 Å². The molecule has 1 aliphatic heterocycles. The van der Waals surface area contributed by atoms with Gasteiger partial charge in [0.25, 0.3) is 5.91 Å². The molecule has 28 heavy (non-hydrogen) atoms. The van der Waals surface area contributed by atoms with E-state index in [9.17, 15) is 4.79 Å². The number of nitrogens with one attached hydrogen (secondary N) is 1. The first-order valence-electron chi connectivity index (χ1n) is 8.81. The van der Waals surface area contributed by atoms with Crippen LogP contribution in [0.5, 0.6) is 0 Å². The van der Waals surface area contributed by atoms with Gasteiger partial charge in [0.15, 0.2) is 11.0 Å². The topological polar surface area (TPSA) is 57.1 Å². The van der Waals surface area contributed by atoms with Gasteiger partial charge in [-0.05, 0) is 36.8 Å². The zero-order valence-corrected chi connectivity index (χ0v) is 18.0. The van der Waals surface area contributed by atoms with Crippen LogP contribution in [0.1, 0.15) is 11.1 Å². The van der Waals surface area contributed by atoms with Gasteiger partial charge in [0.1, 0.15) is 6.67 Å². The molecular formula is C21H21BrN4OS. The zero-order valence-electron chi connectivity index (χ0n) is 15.6. The van der Waals surface area contributed by atoms with E-state index in [1.807, 2.05) is 60.4 Å². The summed E-state index contributed by atoms with van der Waals surface area (Å²) in [5.74, 6) is 0.146. The molecule has 0 aliphatic carbocycles. The third-order valence-corrected chi connectivity index (χ3v) is 5.47. The van der Waals surface area contributed by atoms with E-state index < -0.39 is 0 Å². The summed E-state index contributed by atoms with van der Waals surface area (Å²) in [5, 5.41) is 3.52. The largest absolute Gasteiger partial charge is 0.345 e. The molecule has 0 atom stereocenters. The molecule has 2 aromatic carbocycles. The van der Waals surface area contributed by atoms with Gasteiger partial charge >= 0.3 is 0 Å². The maximum absolute atomic E-state index is 12.8. The molecule has 5 nitrogen and oxygen atoms in total. The quantitative estimate of drug-likeness (QED) is 0.656. The highest BCUT2D eigenvalue weighted by Gasteiger charge is 2.23. The number of thioether (sulfide) groups is 1. The zero-order chi connectivity index (χ0) is 19.9. The van der Waals surface area contributed by atoms with Crippen LogP contribution < -0.4 is 5.32 Å². The van der Waals surface area contributed by atoms with Crippen LogP contribution in [0.25, 0.3) is 0 Å². The van der Waals surface area contributed by atoms with E-state index in [2.05, 4.69) is 37.8 Å². The SMILES string of the molecule is C=CCN1CN=C(Sc2ccc(Br)cc2)N=C1C(=O)NCc1ccc(C)cc1. The van der Waals surface area contributed by atoms with Crippen molar-refractivity contribution in [1.29, 1.82) is 0 Å². The standard InChI is InChI=1S/C21H21BrN4OS/c1-3-12-26-14-24-21(28-18-10-8-17(22)9-11-18)25-19(26)20(27)23-13-16-6-4-15(2)5-7-16/h3-11H,1,12-14H2,2H3,(H,23,27). The lowest BCUT2D eigenvalue weighted by atomic mass is 10.1. The van der Waals surface area contributed by atoms with Crippen molar-refractivity contribution in [2.75, 3.05) is 13.2 Å². The van der Waals surface area contributed by atoms with Gasteiger partial charge in [-0.1, -0.05) is 63.6 Å². The number of carbonyl (C=O) groups is 1. The Morgan fingerprint density at radius 1 is 1.25 bits per heavy atom. The second-order valence-electron chi connectivity index (χ2n) is 6.25. The molecule has 2 aromatic rings. The highest BCUT2D eigenvalue weighted by Crippen LogP contribution is 2.24. The van der Waals surface area contributed by atoms with E-state index in [-0.39, 0.29) is 5.91 Å². The number of benzene rings is 2. The molecule has 1 heterocycles. The first-order chi connectivity index (χ1) is 13.5. The molecule has 0 bridgehead atoms. The average Bonchev–Trinajstić information content (AvgIpc) is 2.70. The van der Waals surface area contributed by atoms with E-state index in [0.717, 1.165) is 14.9 Å². The van der Waals surface area contributed by atoms with Crippen molar-refractivity contribution in [1.82, 2.24) is 10.2 Å². The van der Waals surface area contributed by atoms with Crippen molar-refractivity contribution in [2.45, 2.75) is 18.4 Å². The Bertz CT molecular complexity index is 907. The van der Waals surface area contributed by atoms with Gasteiger partial charge in [0, 0.05) is 22.5 Å². The van der Waals surface area contributed by atoms with Gasteiger partial charge in [-0.2, -0.15) is 4.99 Å². The first-order valence-corrected chi connectivity index (χ1v) is 10.4. The fourth-order valence-electron chi connectivity index (χ4n) is 2.53. The van der Waals surface area contributed by atoms with Gasteiger partial charge in [-0.25, -0.2) is 4.99 Å². The number of rotatable bonds is 6. The van der Waals surface area contributed by atoms with Gasteiger partial charge in [0.05, 0.1) is 0 Å². The molecule has 1 aliphatic rings. The summed E-state index contributed by atoms with van der Waals surface area (Å²) >= 11 is 4.87. The molecular weight excluding hydrogens is 436 g/mol. The van der Waals surface area contributed by atoms with Gasteiger partial charge in [-0.3, -0.25) is 4.79 Å². The number of aliphatic imine (C=N–C) groups is 2. The van der Waals surface area contributed by atoms with Crippen molar-refractivity contribution in [3.63, 3.8) is 0 Å². The van der Waals surface area contributed by atoms with Crippen LogP contribution in [0.2, 0.25) is 0 Å². The highest BCUT2D eigenvalue weighted by molar-refractivity contribution is 9.10. The molecule has 7 heteroatoms. The van der Waals surface area contributed by atoms with E-state index >= 15 is 0 Å². The Hall–Kier alpha value is -2.38. The third-order valence-electron chi connectivity index (χ3n) is 4.03. The predicted octanol–water partition coefficient (Wildman–Crippen LogP) is 4.38. The summed E-state index contributed by atoms with van der Waals surface area (Å²) in [7, 11) is 0. The molecule has 1 N–H and O–H groups in total. The van der Waals surface area contributed by atoms with Crippen molar-refractivity contribution < 1.29 is 4.79 Å². The van der Waals surface area contributed by atoms with Gasteiger partial charge in [-0.15, -0.1) is 6.58 Å². The predicted molar refractivity (Wildman–Crippen MR) is 120 cm³/mol. The molecule has 0 saturated carbocycles. The Kier molecular flexibility index (Phi) is 7.06. The summed E-state index contributed by atoms with van der Waals surface area (Å²) in [5.41, 5.74) is 2.23. The Labute approximate surface area is 177 Å². The summed E-state index contributed by atoms with van der Waals surface area (Å²) in [4.78, 5) is 24.6. The second kappa shape index (κ2) is 9.71. The Morgan fingerprint density at radius 3 is 2.64 bits per heavy atom. The maximum Gasteiger partial charge on any atom is 0.287 e. The minimum Gasteiger partial charge on any atom is -0.345 e. The second-order valence-corrected chi connectivity index (χ2v) is 8.21. The van der Waals surface area contributed by atoms with Crippen LogP contribution in [0.3, 0.4) is 0 Å². The normalized spacial score (nSPS) is 13.6. The van der Waals surface area contributed by atoms with Crippen LogP contribution in [0.4, 0.5) is 0 Å². The minimum absolute atomic E-state index is 0.216. The van der Waals surface area contributed by atoms with Crippen molar-refractivity contribution in [3.05, 3.63) is 76.8 Å². The number of carbonyl (C=O) groups excluding carboxylic acids is 1. The molecule has 0 fully saturated rings. The highest BCUT2D eigenvalue weighted by atomic mass is 79.9. The lowest BCUT2D eigenvalue weighted by molar-refractivity contribution is -0.115. The molecule has 3 rings (SSSR count). The molecule has 0 saturated heterocycles. The summed E-state index contributed by atoms with van der Waals surface area (Å²) in [6.45, 7) is 7.13. The van der Waals surface area contributed by atoms with E-state index in [1.54, 1.807) is 6.08 Å². The van der Waals surface area contributed by atoms with Crippen molar-refractivity contribution >= 4 is 44.6 Å². The molecule has 144 valence electrons. The lowest BCUT2D eigenvalue weighted by Gasteiger charge is -2.25. The number of hydrogen-bond donors (Lipinski definition) is 1. The number of amidine groups is 2. The van der Waals surface area contributed by atoms with Crippen LogP contribution in [0.15, 0.2) is 80.5 Å². The fraction of sp³-hybridized carbons (Fsp3) is 0.190. The first kappa shape index (κ1) is 20.4. The average molecular weight is 457 g/mol. The minimum atomic E-state index is -0.216. The van der Waals surface area contributed by atoms with Gasteiger partial charge in [0.2, 0.25) is 0 Å². The summed E-state index contributed by atoms with van der Waals surface area (Å²) in [6.07, 6.45) is 1.74. The van der Waals surface area contributed by atoms with Crippen molar-refractivity contribution in [3.8, 4) is 0 Å². The van der Waals surface area contributed by atoms with Crippen LogP contribution >= 0.6 is 27.7 Å². The fourth-order valence-corrected chi connectivity index (χ4v) is 3.54. The number of halogens is 1. The number of aryl methyl sites for hydroxylation is 1. The molecule has 0 spiro atoms. The molecule has 1 amide bonds. The number of nitrogens with zero attached hydrogens (tertiary/aromatic N) is 3. The molecule has 0 unspecified atom stereocenters. The maximum atomic E-state index is 12.8. The van der Waals surface area contributed by atoms with Crippen LogP contribution in [-0.2, 0) is 11.3 Å². The Balaban J connectivity index is 1.71. The molecule has 0 aromatic heterocycles. The van der Waals surface area contributed by atoms with E-state index in [4.69, 9.17) is 0 Å². The smallest absolute Gasteiger partial charge is 0.287 e. The van der Waals surface area contributed by atoms with Crippen molar-refractivity contribution in [2.24, 2.45) is 9.98 Å².